The number of nitrogens with two attached hydrogens (primary N) is 1. The van der Waals surface area contributed by atoms with E-state index in [1.54, 1.807) is 0 Å². The third-order valence-corrected chi connectivity index (χ3v) is 3.44. The summed E-state index contributed by atoms with van der Waals surface area (Å²) in [5, 5.41) is 3.06. The highest BCUT2D eigenvalue weighted by Gasteiger charge is 2.30. The third kappa shape index (κ3) is 4.64. The van der Waals surface area contributed by atoms with Crippen LogP contribution in [-0.4, -0.2) is 42.5 Å². The zero-order chi connectivity index (χ0) is 13.1. The lowest BCUT2D eigenvalue weighted by atomic mass is 9.92. The maximum atomic E-state index is 12.0. The predicted molar refractivity (Wildman–Crippen MR) is 70.7 cm³/mol. The summed E-state index contributed by atoms with van der Waals surface area (Å²) in [6.07, 6.45) is 2.28. The lowest BCUT2D eigenvalue weighted by Gasteiger charge is -2.34. The number of rotatable bonds is 7. The number of carbonyl (C=O) groups excluding carboxylic acids is 1. The van der Waals surface area contributed by atoms with Crippen LogP contribution in [0.1, 0.15) is 40.5 Å². The molecule has 0 heterocycles. The molecule has 0 saturated heterocycles. The van der Waals surface area contributed by atoms with Crippen LogP contribution >= 0.6 is 0 Å². The van der Waals surface area contributed by atoms with Crippen molar-refractivity contribution in [1.29, 1.82) is 0 Å². The summed E-state index contributed by atoms with van der Waals surface area (Å²) < 4.78 is 0. The van der Waals surface area contributed by atoms with Gasteiger partial charge in [-0.05, 0) is 38.3 Å². The van der Waals surface area contributed by atoms with Gasteiger partial charge in [0.15, 0.2) is 0 Å². The summed E-state index contributed by atoms with van der Waals surface area (Å²) in [4.78, 5) is 14.2. The van der Waals surface area contributed by atoms with Gasteiger partial charge in [0.25, 0.3) is 0 Å². The van der Waals surface area contributed by atoms with Crippen molar-refractivity contribution in [2.45, 2.75) is 52.6 Å². The summed E-state index contributed by atoms with van der Waals surface area (Å²) in [5.41, 5.74) is 5.81. The van der Waals surface area contributed by atoms with Crippen LogP contribution in [0, 0.1) is 5.41 Å². The first-order chi connectivity index (χ1) is 7.89. The Labute approximate surface area is 105 Å². The molecule has 0 spiro atoms. The van der Waals surface area contributed by atoms with Crippen LogP contribution in [0.25, 0.3) is 0 Å². The Bertz CT molecular complexity index is 261. The van der Waals surface area contributed by atoms with Gasteiger partial charge in [-0.2, -0.15) is 0 Å². The van der Waals surface area contributed by atoms with Crippen LogP contribution in [-0.2, 0) is 4.79 Å². The first-order valence-electron chi connectivity index (χ1n) is 6.64. The molecular weight excluding hydrogens is 214 g/mol. The van der Waals surface area contributed by atoms with E-state index >= 15 is 0 Å². The topological polar surface area (TPSA) is 58.4 Å². The van der Waals surface area contributed by atoms with Crippen molar-refractivity contribution in [3.63, 3.8) is 0 Å². The van der Waals surface area contributed by atoms with E-state index in [4.69, 9.17) is 5.73 Å². The van der Waals surface area contributed by atoms with Gasteiger partial charge in [0.2, 0.25) is 5.91 Å². The van der Waals surface area contributed by atoms with Gasteiger partial charge in [-0.3, -0.25) is 9.69 Å². The molecule has 1 aliphatic carbocycles. The molecule has 0 bridgehead atoms. The third-order valence-electron chi connectivity index (χ3n) is 3.44. The number of likely N-dealkylation sites (N-methyl/N-ethyl adjacent to an activating group) is 1. The van der Waals surface area contributed by atoms with E-state index in [9.17, 15) is 4.79 Å². The van der Waals surface area contributed by atoms with E-state index in [0.29, 0.717) is 12.6 Å². The fourth-order valence-electron chi connectivity index (χ4n) is 1.85. The molecular formula is C13H27N3O. The molecule has 0 aromatic heterocycles. The average Bonchev–Trinajstić information content (AvgIpc) is 3.08. The van der Waals surface area contributed by atoms with E-state index in [1.165, 1.54) is 0 Å². The van der Waals surface area contributed by atoms with E-state index in [2.05, 4.69) is 31.0 Å². The van der Waals surface area contributed by atoms with Crippen molar-refractivity contribution in [2.24, 2.45) is 11.1 Å². The Morgan fingerprint density at radius 3 is 2.53 bits per heavy atom. The van der Waals surface area contributed by atoms with Gasteiger partial charge < -0.3 is 11.1 Å². The van der Waals surface area contributed by atoms with Crippen molar-refractivity contribution >= 4 is 5.91 Å². The van der Waals surface area contributed by atoms with Crippen molar-refractivity contribution in [1.82, 2.24) is 10.2 Å². The average molecular weight is 241 g/mol. The van der Waals surface area contributed by atoms with Crippen molar-refractivity contribution in [2.75, 3.05) is 19.6 Å². The second-order valence-corrected chi connectivity index (χ2v) is 5.89. The molecule has 1 unspecified atom stereocenters. The molecule has 17 heavy (non-hydrogen) atoms. The number of hydrogen-bond donors (Lipinski definition) is 2. The molecule has 0 aromatic carbocycles. The minimum Gasteiger partial charge on any atom is -0.352 e. The normalized spacial score (nSPS) is 18.2. The Morgan fingerprint density at radius 2 is 2.12 bits per heavy atom. The van der Waals surface area contributed by atoms with E-state index < -0.39 is 0 Å². The van der Waals surface area contributed by atoms with Crippen LogP contribution in [0.5, 0.6) is 0 Å². The molecule has 1 atom stereocenters. The van der Waals surface area contributed by atoms with Gasteiger partial charge in [-0.1, -0.05) is 20.8 Å². The molecule has 0 aromatic rings. The molecule has 4 nitrogen and oxygen atoms in total. The predicted octanol–water partition coefficient (Wildman–Crippen LogP) is 0.960. The molecule has 0 radical (unpaired) electrons. The van der Waals surface area contributed by atoms with Crippen LogP contribution in [0.3, 0.4) is 0 Å². The van der Waals surface area contributed by atoms with Gasteiger partial charge in [0.05, 0.1) is 6.04 Å². The first kappa shape index (κ1) is 14.5. The molecule has 1 rings (SSSR count). The Kier molecular flexibility index (Phi) is 4.95. The highest BCUT2D eigenvalue weighted by molar-refractivity contribution is 5.81. The summed E-state index contributed by atoms with van der Waals surface area (Å²) in [6, 6.07) is 0.373. The Morgan fingerprint density at radius 1 is 1.53 bits per heavy atom. The standard InChI is InChI=1S/C13H27N3O/c1-5-16(9-13(3,4)8-14)10(2)12(17)15-11-6-7-11/h10-11H,5-9,14H2,1-4H3,(H,15,17). The van der Waals surface area contributed by atoms with Crippen molar-refractivity contribution in [3.8, 4) is 0 Å². The second kappa shape index (κ2) is 5.83. The first-order valence-corrected chi connectivity index (χ1v) is 6.64. The van der Waals surface area contributed by atoms with E-state index in [0.717, 1.165) is 25.9 Å². The smallest absolute Gasteiger partial charge is 0.237 e. The largest absolute Gasteiger partial charge is 0.352 e. The zero-order valence-electron chi connectivity index (χ0n) is 11.6. The molecule has 1 amide bonds. The number of nitrogens with zero attached hydrogens (tertiary/aromatic N) is 1. The molecule has 4 heteroatoms. The number of nitrogens with one attached hydrogen (secondary N) is 1. The quantitative estimate of drug-likeness (QED) is 0.698. The number of hydrogen-bond acceptors (Lipinski definition) is 3. The fourth-order valence-corrected chi connectivity index (χ4v) is 1.85. The van der Waals surface area contributed by atoms with Gasteiger partial charge in [0.1, 0.15) is 0 Å². The summed E-state index contributed by atoms with van der Waals surface area (Å²) >= 11 is 0. The Hall–Kier alpha value is -0.610. The maximum Gasteiger partial charge on any atom is 0.237 e. The van der Waals surface area contributed by atoms with Crippen LogP contribution in [0.2, 0.25) is 0 Å². The van der Waals surface area contributed by atoms with Gasteiger partial charge in [-0.25, -0.2) is 0 Å². The van der Waals surface area contributed by atoms with Crippen molar-refractivity contribution < 1.29 is 4.79 Å². The van der Waals surface area contributed by atoms with Crippen molar-refractivity contribution in [3.05, 3.63) is 0 Å². The molecule has 1 saturated carbocycles. The van der Waals surface area contributed by atoms with Gasteiger partial charge >= 0.3 is 0 Å². The molecule has 1 aliphatic rings. The summed E-state index contributed by atoms with van der Waals surface area (Å²) in [5.74, 6) is 0.155. The van der Waals surface area contributed by atoms with E-state index in [-0.39, 0.29) is 17.4 Å². The summed E-state index contributed by atoms with van der Waals surface area (Å²) in [6.45, 7) is 10.7. The fraction of sp³-hybridized carbons (Fsp3) is 0.923. The molecule has 1 fully saturated rings. The number of amides is 1. The number of carbonyl (C=O) groups is 1. The van der Waals surface area contributed by atoms with Gasteiger partial charge in [-0.15, -0.1) is 0 Å². The molecule has 100 valence electrons. The Balaban J connectivity index is 2.49. The monoisotopic (exact) mass is 241 g/mol. The minimum absolute atomic E-state index is 0.0597. The second-order valence-electron chi connectivity index (χ2n) is 5.89. The minimum atomic E-state index is -0.0635. The summed E-state index contributed by atoms with van der Waals surface area (Å²) in [7, 11) is 0. The van der Waals surface area contributed by atoms with E-state index in [1.807, 2.05) is 6.92 Å². The highest BCUT2D eigenvalue weighted by Crippen LogP contribution is 2.20. The maximum absolute atomic E-state index is 12.0. The lowest BCUT2D eigenvalue weighted by molar-refractivity contribution is -0.126. The lowest BCUT2D eigenvalue weighted by Crippen LogP contribution is -2.49. The zero-order valence-corrected chi connectivity index (χ0v) is 11.6. The highest BCUT2D eigenvalue weighted by atomic mass is 16.2. The SMILES string of the molecule is CCN(CC(C)(C)CN)C(C)C(=O)NC1CC1. The van der Waals surface area contributed by atoms with Gasteiger partial charge in [0, 0.05) is 12.6 Å². The molecule has 3 N–H and O–H groups in total. The van der Waals surface area contributed by atoms with Crippen LogP contribution < -0.4 is 11.1 Å². The van der Waals surface area contributed by atoms with Crippen LogP contribution in [0.15, 0.2) is 0 Å². The molecule has 0 aliphatic heterocycles. The van der Waals surface area contributed by atoms with Crippen LogP contribution in [0.4, 0.5) is 0 Å².